The quantitative estimate of drug-likeness (QED) is 0.916. The van der Waals surface area contributed by atoms with E-state index in [1.165, 1.54) is 5.56 Å². The summed E-state index contributed by atoms with van der Waals surface area (Å²) in [6.07, 6.45) is 1.72. The van der Waals surface area contributed by atoms with Crippen molar-refractivity contribution in [3.05, 3.63) is 35.0 Å². The Morgan fingerprint density at radius 1 is 1.26 bits per heavy atom. The fraction of sp³-hybridized carbons (Fsp3) is 0.429. The van der Waals surface area contributed by atoms with E-state index >= 15 is 0 Å². The molecule has 2 aromatic heterocycles. The highest BCUT2D eigenvalue weighted by Gasteiger charge is 2.13. The molecule has 0 aliphatic heterocycles. The van der Waals surface area contributed by atoms with Crippen molar-refractivity contribution < 1.29 is 4.42 Å². The van der Waals surface area contributed by atoms with Gasteiger partial charge >= 0.3 is 0 Å². The van der Waals surface area contributed by atoms with Crippen LogP contribution in [0.15, 0.2) is 16.7 Å². The summed E-state index contributed by atoms with van der Waals surface area (Å²) in [5.74, 6) is 3.53. The number of furan rings is 1. The van der Waals surface area contributed by atoms with E-state index in [9.17, 15) is 0 Å². The lowest BCUT2D eigenvalue weighted by atomic mass is 10.2. The Morgan fingerprint density at radius 2 is 2.00 bits per heavy atom. The van der Waals surface area contributed by atoms with Crippen molar-refractivity contribution in [1.29, 1.82) is 0 Å². The molecule has 0 saturated carbocycles. The third-order valence-electron chi connectivity index (χ3n) is 3.20. The summed E-state index contributed by atoms with van der Waals surface area (Å²) in [6, 6.07) is 1.99. The van der Waals surface area contributed by atoms with Crippen molar-refractivity contribution in [3.8, 4) is 0 Å². The smallest absolute Gasteiger partial charge is 0.137 e. The first-order valence-corrected chi connectivity index (χ1v) is 6.30. The lowest BCUT2D eigenvalue weighted by Crippen LogP contribution is -2.20. The number of aryl methyl sites for hydroxylation is 2. The Bertz CT molecular complexity index is 577. The van der Waals surface area contributed by atoms with Gasteiger partial charge in [0.15, 0.2) is 0 Å². The molecule has 2 aromatic rings. The second-order valence-corrected chi connectivity index (χ2v) is 4.68. The molecule has 0 aromatic carbocycles. The van der Waals surface area contributed by atoms with E-state index in [0.717, 1.165) is 35.3 Å². The van der Waals surface area contributed by atoms with Crippen molar-refractivity contribution in [3.63, 3.8) is 0 Å². The van der Waals surface area contributed by atoms with Crippen molar-refractivity contribution in [2.45, 2.75) is 27.3 Å². The van der Waals surface area contributed by atoms with Gasteiger partial charge in [-0.2, -0.15) is 0 Å². The highest BCUT2D eigenvalue weighted by molar-refractivity contribution is 5.58. The topological polar surface area (TPSA) is 54.2 Å². The molecular weight excluding hydrogens is 240 g/mol. The third-order valence-corrected chi connectivity index (χ3v) is 3.20. The fourth-order valence-electron chi connectivity index (χ4n) is 2.13. The molecule has 5 nitrogen and oxygen atoms in total. The van der Waals surface area contributed by atoms with Crippen LogP contribution in [0.25, 0.3) is 0 Å². The highest BCUT2D eigenvalue weighted by atomic mass is 16.3. The van der Waals surface area contributed by atoms with E-state index < -0.39 is 0 Å². The molecule has 0 saturated heterocycles. The molecule has 0 bridgehead atoms. The minimum absolute atomic E-state index is 0.765. The summed E-state index contributed by atoms with van der Waals surface area (Å²) in [4.78, 5) is 11.0. The average molecular weight is 260 g/mol. The molecule has 5 heteroatoms. The Labute approximate surface area is 113 Å². The van der Waals surface area contributed by atoms with Gasteiger partial charge in [-0.1, -0.05) is 0 Å². The molecule has 0 unspecified atom stereocenters. The molecule has 2 rings (SSSR count). The molecule has 19 heavy (non-hydrogen) atoms. The number of hydrogen-bond acceptors (Lipinski definition) is 5. The Kier molecular flexibility index (Phi) is 3.74. The molecular formula is C14H20N4O. The summed E-state index contributed by atoms with van der Waals surface area (Å²) in [5, 5.41) is 3.11. The van der Waals surface area contributed by atoms with E-state index in [-0.39, 0.29) is 0 Å². The van der Waals surface area contributed by atoms with Crippen LogP contribution in [0, 0.1) is 20.8 Å². The summed E-state index contributed by atoms with van der Waals surface area (Å²) in [5.41, 5.74) is 2.22. The molecule has 0 radical (unpaired) electrons. The van der Waals surface area contributed by atoms with Crippen LogP contribution in [0.1, 0.15) is 22.7 Å². The lowest BCUT2D eigenvalue weighted by Gasteiger charge is -2.21. The SMILES string of the molecule is CNc1nc(C)nc(N(C)Cc2ccoc2C)c1C. The molecule has 102 valence electrons. The molecule has 1 N–H and O–H groups in total. The number of hydrogen-bond donors (Lipinski definition) is 1. The van der Waals surface area contributed by atoms with Crippen molar-refractivity contribution in [1.82, 2.24) is 9.97 Å². The van der Waals surface area contributed by atoms with Gasteiger partial charge in [0, 0.05) is 31.8 Å². The summed E-state index contributed by atoms with van der Waals surface area (Å²) < 4.78 is 5.33. The van der Waals surface area contributed by atoms with Gasteiger partial charge in [0.05, 0.1) is 6.26 Å². The van der Waals surface area contributed by atoms with Crippen LogP contribution in [0.4, 0.5) is 11.6 Å². The predicted octanol–water partition coefficient (Wildman–Crippen LogP) is 2.67. The zero-order valence-electron chi connectivity index (χ0n) is 12.1. The van der Waals surface area contributed by atoms with Crippen LogP contribution in [0.2, 0.25) is 0 Å². The van der Waals surface area contributed by atoms with Crippen LogP contribution >= 0.6 is 0 Å². The molecule has 0 spiro atoms. The molecule has 0 aliphatic rings. The largest absolute Gasteiger partial charge is 0.469 e. The van der Waals surface area contributed by atoms with Crippen molar-refractivity contribution in [2.24, 2.45) is 0 Å². The zero-order valence-corrected chi connectivity index (χ0v) is 12.1. The standard InChI is InChI=1S/C14H20N4O/c1-9-13(15-4)16-11(3)17-14(9)18(5)8-12-6-7-19-10(12)2/h6-7H,8H2,1-5H3,(H,15,16,17). The Morgan fingerprint density at radius 3 is 2.58 bits per heavy atom. The predicted molar refractivity (Wildman–Crippen MR) is 76.6 cm³/mol. The van der Waals surface area contributed by atoms with Gasteiger partial charge in [-0.15, -0.1) is 0 Å². The molecule has 0 atom stereocenters. The van der Waals surface area contributed by atoms with Crippen LogP contribution in [0.3, 0.4) is 0 Å². The second kappa shape index (κ2) is 5.30. The van der Waals surface area contributed by atoms with Crippen LogP contribution < -0.4 is 10.2 Å². The summed E-state index contributed by atoms with van der Waals surface area (Å²) in [7, 11) is 3.90. The van der Waals surface area contributed by atoms with Gasteiger partial charge in [0.25, 0.3) is 0 Å². The summed E-state index contributed by atoms with van der Waals surface area (Å²) >= 11 is 0. The van der Waals surface area contributed by atoms with E-state index in [4.69, 9.17) is 4.42 Å². The number of nitrogens with one attached hydrogen (secondary N) is 1. The van der Waals surface area contributed by atoms with E-state index in [1.807, 2.05) is 40.9 Å². The second-order valence-electron chi connectivity index (χ2n) is 4.68. The average Bonchev–Trinajstić information content (AvgIpc) is 2.77. The zero-order chi connectivity index (χ0) is 14.0. The fourth-order valence-corrected chi connectivity index (χ4v) is 2.13. The number of nitrogens with zero attached hydrogens (tertiary/aromatic N) is 3. The maximum atomic E-state index is 5.33. The third kappa shape index (κ3) is 2.70. The Balaban J connectivity index is 2.31. The maximum Gasteiger partial charge on any atom is 0.137 e. The number of anilines is 2. The van der Waals surface area contributed by atoms with E-state index in [2.05, 4.69) is 20.2 Å². The lowest BCUT2D eigenvalue weighted by molar-refractivity contribution is 0.529. The van der Waals surface area contributed by atoms with E-state index in [0.29, 0.717) is 0 Å². The van der Waals surface area contributed by atoms with Gasteiger partial charge < -0.3 is 14.6 Å². The molecule has 0 fully saturated rings. The van der Waals surface area contributed by atoms with Gasteiger partial charge in [-0.05, 0) is 26.8 Å². The van der Waals surface area contributed by atoms with Crippen LogP contribution in [-0.4, -0.2) is 24.1 Å². The summed E-state index contributed by atoms with van der Waals surface area (Å²) in [6.45, 7) is 6.67. The minimum Gasteiger partial charge on any atom is -0.469 e. The maximum absolute atomic E-state index is 5.33. The van der Waals surface area contributed by atoms with Crippen LogP contribution in [-0.2, 0) is 6.54 Å². The van der Waals surface area contributed by atoms with Gasteiger partial charge in [-0.25, -0.2) is 9.97 Å². The molecule has 2 heterocycles. The van der Waals surface area contributed by atoms with Crippen molar-refractivity contribution >= 4 is 11.6 Å². The molecule has 0 aliphatic carbocycles. The van der Waals surface area contributed by atoms with E-state index in [1.54, 1.807) is 6.26 Å². The van der Waals surface area contributed by atoms with Crippen LogP contribution in [0.5, 0.6) is 0 Å². The molecule has 0 amide bonds. The van der Waals surface area contributed by atoms with Crippen molar-refractivity contribution in [2.75, 3.05) is 24.3 Å². The first-order chi connectivity index (χ1) is 9.02. The van der Waals surface area contributed by atoms with Gasteiger partial charge in [-0.3, -0.25) is 0 Å². The van der Waals surface area contributed by atoms with Gasteiger partial charge in [0.2, 0.25) is 0 Å². The first-order valence-electron chi connectivity index (χ1n) is 6.30. The monoisotopic (exact) mass is 260 g/mol. The number of rotatable bonds is 4. The minimum atomic E-state index is 0.765. The number of aromatic nitrogens is 2. The Hall–Kier alpha value is -2.04. The normalized spacial score (nSPS) is 10.6. The van der Waals surface area contributed by atoms with Gasteiger partial charge in [0.1, 0.15) is 23.2 Å². The first kappa shape index (κ1) is 13.4. The highest BCUT2D eigenvalue weighted by Crippen LogP contribution is 2.24.